The van der Waals surface area contributed by atoms with Crippen LogP contribution in [0.3, 0.4) is 0 Å². The number of rotatable bonds is 6. The Bertz CT molecular complexity index is 2180. The Kier molecular flexibility index (Phi) is 10.0. The molecule has 0 bridgehead atoms. The summed E-state index contributed by atoms with van der Waals surface area (Å²) in [5.74, 6) is 6.59. The average Bonchev–Trinajstić information content (AvgIpc) is 3.47. The third-order valence-electron chi connectivity index (χ3n) is 7.69. The second-order valence-corrected chi connectivity index (χ2v) is 23.3. The van der Waals surface area contributed by atoms with Crippen LogP contribution >= 0.6 is 0 Å². The summed E-state index contributed by atoms with van der Waals surface area (Å²) in [5, 5.41) is 2.04. The molecule has 0 saturated heterocycles. The minimum Gasteiger partial charge on any atom is 0 e. The van der Waals surface area contributed by atoms with Gasteiger partial charge in [0.2, 0.25) is 0 Å². The van der Waals surface area contributed by atoms with Crippen LogP contribution in [0.4, 0.5) is 4.39 Å². The summed E-state index contributed by atoms with van der Waals surface area (Å²) in [4.78, 5) is 8.95. The molecule has 7 rings (SSSR count). The van der Waals surface area contributed by atoms with Gasteiger partial charge in [0.25, 0.3) is 0 Å². The normalized spacial score (nSPS) is 12.2. The zero-order valence-electron chi connectivity index (χ0n) is 29.1. The maximum Gasteiger partial charge on any atom is 0 e. The van der Waals surface area contributed by atoms with Crippen LogP contribution < -0.4 is 4.40 Å². The Morgan fingerprint density at radius 2 is 1.64 bits per heavy atom. The van der Waals surface area contributed by atoms with Gasteiger partial charge in [-0.1, -0.05) is 78.9 Å². The number of pyridine rings is 2. The summed E-state index contributed by atoms with van der Waals surface area (Å²) in [6, 6.07) is 38.7. The standard InChI is InChI=1S/C27H22NO.C14H15FGeN.Ir/c1-18(2)15-19-13-14-28-25(16-19)24-10-6-9-23-22-12-11-21(17-26(22)29-27(23)24)20-7-4-3-5-8-20;1-16(2,3)13-8-9-14(17-10-13)11-4-6-12(15)7-5-11;/h3-9,11-14,16-18H,15H2,1-2H3;4,6-10H,1-3H3;/q2*-1;/i15D2;;. The van der Waals surface area contributed by atoms with Gasteiger partial charge in [0.15, 0.2) is 0 Å². The minimum atomic E-state index is -1.79. The molecule has 7 aromatic rings. The molecule has 0 spiro atoms. The van der Waals surface area contributed by atoms with E-state index < -0.39 is 19.6 Å². The minimum absolute atomic E-state index is 0. The van der Waals surface area contributed by atoms with E-state index in [1.54, 1.807) is 18.3 Å². The Labute approximate surface area is 295 Å². The van der Waals surface area contributed by atoms with Gasteiger partial charge in [-0.25, -0.2) is 0 Å². The van der Waals surface area contributed by atoms with Gasteiger partial charge < -0.3 is 9.40 Å². The van der Waals surface area contributed by atoms with Crippen molar-refractivity contribution in [3.05, 3.63) is 139 Å². The molecule has 3 aromatic heterocycles. The van der Waals surface area contributed by atoms with Crippen molar-refractivity contribution in [1.82, 2.24) is 9.97 Å². The molecule has 0 unspecified atom stereocenters. The van der Waals surface area contributed by atoms with Crippen LogP contribution in [0, 0.1) is 23.9 Å². The molecule has 239 valence electrons. The quantitative estimate of drug-likeness (QED) is 0.124. The van der Waals surface area contributed by atoms with Crippen molar-refractivity contribution < 1.29 is 31.7 Å². The molecule has 0 amide bonds. The fraction of sp³-hybridized carbons (Fsp3) is 0.171. The molecule has 0 aliphatic heterocycles. The molecule has 0 aliphatic rings. The zero-order valence-corrected chi connectivity index (χ0v) is 31.6. The van der Waals surface area contributed by atoms with Crippen LogP contribution in [0.2, 0.25) is 17.3 Å². The first-order valence-corrected chi connectivity index (χ1v) is 22.8. The van der Waals surface area contributed by atoms with Crippen molar-refractivity contribution in [2.45, 2.75) is 37.5 Å². The number of aromatic nitrogens is 2. The monoisotopic (exact) mass is 861 g/mol. The van der Waals surface area contributed by atoms with Gasteiger partial charge in [0, 0.05) is 34.4 Å². The molecular formula is C41H37FGeIrN2O-2. The SMILES string of the molecule is [2H]C([2H])(c1ccnc(-c2[c-]ccc3c2oc2cc(-c4ccccc4)ccc23)c1)C(C)C.[CH3][Ge]([CH3])([CH3])[c]1ccc(-c2[c-]cc(F)cc2)nc1.[Ir]. The third kappa shape index (κ3) is 8.16. The molecule has 3 nitrogen and oxygen atoms in total. The number of halogens is 1. The fourth-order valence-corrected chi connectivity index (χ4v) is 7.47. The summed E-state index contributed by atoms with van der Waals surface area (Å²) in [6.45, 7) is 3.77. The molecule has 0 fully saturated rings. The first-order chi connectivity index (χ1) is 22.9. The molecule has 47 heavy (non-hydrogen) atoms. The van der Waals surface area contributed by atoms with E-state index >= 15 is 0 Å². The Hall–Kier alpha value is -3.90. The van der Waals surface area contributed by atoms with Crippen LogP contribution in [0.1, 0.15) is 22.2 Å². The number of hydrogen-bond acceptors (Lipinski definition) is 3. The second kappa shape index (κ2) is 14.9. The van der Waals surface area contributed by atoms with Gasteiger partial charge in [-0.15, -0.1) is 18.2 Å². The maximum atomic E-state index is 12.8. The summed E-state index contributed by atoms with van der Waals surface area (Å²) in [7, 11) is 0. The van der Waals surface area contributed by atoms with Gasteiger partial charge in [0.05, 0.1) is 5.58 Å². The molecule has 1 radical (unpaired) electrons. The van der Waals surface area contributed by atoms with Gasteiger partial charge >= 0.3 is 104 Å². The van der Waals surface area contributed by atoms with Gasteiger partial charge in [0.1, 0.15) is 5.58 Å². The van der Waals surface area contributed by atoms with Crippen LogP contribution in [-0.2, 0) is 26.5 Å². The van der Waals surface area contributed by atoms with E-state index in [1.165, 1.54) is 16.5 Å². The second-order valence-electron chi connectivity index (χ2n) is 12.6. The van der Waals surface area contributed by atoms with E-state index in [0.717, 1.165) is 49.9 Å². The van der Waals surface area contributed by atoms with Crippen LogP contribution in [-0.4, -0.2) is 23.2 Å². The van der Waals surface area contributed by atoms with E-state index in [-0.39, 0.29) is 31.8 Å². The molecule has 4 aromatic carbocycles. The predicted molar refractivity (Wildman–Crippen MR) is 191 cm³/mol. The summed E-state index contributed by atoms with van der Waals surface area (Å²) >= 11 is -1.79. The third-order valence-corrected chi connectivity index (χ3v) is 11.9. The summed E-state index contributed by atoms with van der Waals surface area (Å²) < 4.78 is 37.3. The van der Waals surface area contributed by atoms with Crippen LogP contribution in [0.15, 0.2) is 120 Å². The van der Waals surface area contributed by atoms with Crippen molar-refractivity contribution >= 4 is 39.6 Å². The first-order valence-electron chi connectivity index (χ1n) is 16.5. The van der Waals surface area contributed by atoms with Crippen molar-refractivity contribution in [1.29, 1.82) is 0 Å². The number of fused-ring (bicyclic) bond motifs is 3. The van der Waals surface area contributed by atoms with Gasteiger partial charge in [-0.2, -0.15) is 0 Å². The molecule has 0 aliphatic carbocycles. The van der Waals surface area contributed by atoms with E-state index in [2.05, 4.69) is 75.8 Å². The molecule has 3 heterocycles. The van der Waals surface area contributed by atoms with Crippen LogP contribution in [0.5, 0.6) is 0 Å². The van der Waals surface area contributed by atoms with Crippen molar-refractivity contribution in [3.8, 4) is 33.6 Å². The Balaban J connectivity index is 0.000000221. The van der Waals surface area contributed by atoms with E-state index in [4.69, 9.17) is 7.16 Å². The molecule has 0 atom stereocenters. The topological polar surface area (TPSA) is 38.9 Å². The van der Waals surface area contributed by atoms with Gasteiger partial charge in [-0.3, -0.25) is 0 Å². The number of furan rings is 1. The zero-order chi connectivity index (χ0) is 34.1. The average molecular weight is 860 g/mol. The maximum absolute atomic E-state index is 12.8. The summed E-state index contributed by atoms with van der Waals surface area (Å²) in [6.07, 6.45) is 2.17. The van der Waals surface area contributed by atoms with Crippen molar-refractivity contribution in [2.75, 3.05) is 0 Å². The molecule has 6 heteroatoms. The molecular weight excluding hydrogens is 820 g/mol. The van der Waals surface area contributed by atoms with Crippen molar-refractivity contribution in [3.63, 3.8) is 0 Å². The number of nitrogens with zero attached hydrogens (tertiary/aromatic N) is 2. The Morgan fingerprint density at radius 1 is 0.830 bits per heavy atom. The van der Waals surface area contributed by atoms with Crippen LogP contribution in [0.25, 0.3) is 55.6 Å². The predicted octanol–water partition coefficient (Wildman–Crippen LogP) is 10.5. The smallest absolute Gasteiger partial charge is 0 e. The van der Waals surface area contributed by atoms with Crippen molar-refractivity contribution in [2.24, 2.45) is 5.92 Å². The first kappa shape index (κ1) is 31.7. The molecule has 0 saturated carbocycles. The van der Waals surface area contributed by atoms with Gasteiger partial charge in [-0.05, 0) is 41.2 Å². The fourth-order valence-electron chi connectivity index (χ4n) is 5.29. The Morgan fingerprint density at radius 3 is 2.32 bits per heavy atom. The summed E-state index contributed by atoms with van der Waals surface area (Å²) in [5.41, 5.74) is 7.47. The number of benzene rings is 4. The largest absolute Gasteiger partial charge is 0 e. The van der Waals surface area contributed by atoms with E-state index in [0.29, 0.717) is 11.3 Å². The van der Waals surface area contributed by atoms with E-state index in [9.17, 15) is 4.39 Å². The molecule has 0 N–H and O–H groups in total. The number of hydrogen-bond donors (Lipinski definition) is 0. The van der Waals surface area contributed by atoms with E-state index in [1.807, 2.05) is 62.5 Å².